The molecule has 0 bridgehead atoms. The fourth-order valence-corrected chi connectivity index (χ4v) is 2.35. The number of nitrogens with two attached hydrogens (primary N) is 1. The van der Waals surface area contributed by atoms with Gasteiger partial charge in [0.05, 0.1) is 7.11 Å². The van der Waals surface area contributed by atoms with E-state index in [1.807, 2.05) is 0 Å². The molecule has 6 nitrogen and oxygen atoms in total. The number of nitrogens with zero attached hydrogens (tertiary/aromatic N) is 2. The summed E-state index contributed by atoms with van der Waals surface area (Å²) in [6, 6.07) is 5.24. The molecule has 0 aromatic heterocycles. The van der Waals surface area contributed by atoms with E-state index in [-0.39, 0.29) is 5.71 Å². The largest absolute Gasteiger partial charge is 0.494 e. The smallest absolute Gasteiger partial charge is 0.201 e. The lowest BCUT2D eigenvalue weighted by atomic mass is 10.3. The van der Waals surface area contributed by atoms with Crippen LogP contribution in [-0.2, 0) is 0 Å². The van der Waals surface area contributed by atoms with Crippen LogP contribution in [0, 0.1) is 16.7 Å². The molecule has 0 radical (unpaired) electrons. The number of amidine groups is 1. The molecule has 0 aliphatic heterocycles. The normalized spacial score (nSPS) is 10.7. The summed E-state index contributed by atoms with van der Waals surface area (Å²) in [5.41, 5.74) is 8.16. The zero-order chi connectivity index (χ0) is 13.7. The van der Waals surface area contributed by atoms with Crippen molar-refractivity contribution in [3.63, 3.8) is 0 Å². The Morgan fingerprint density at radius 1 is 1.56 bits per heavy atom. The van der Waals surface area contributed by atoms with Crippen molar-refractivity contribution in [1.82, 2.24) is 0 Å². The highest BCUT2D eigenvalue weighted by Crippen LogP contribution is 2.36. The van der Waals surface area contributed by atoms with Crippen molar-refractivity contribution < 1.29 is 4.74 Å². The predicted octanol–water partition coefficient (Wildman–Crippen LogP) is 2.45. The highest BCUT2D eigenvalue weighted by molar-refractivity contribution is 9.11. The maximum Gasteiger partial charge on any atom is 0.201 e. The van der Waals surface area contributed by atoms with Gasteiger partial charge in [-0.3, -0.25) is 10.8 Å². The molecule has 4 N–H and O–H groups in total. The van der Waals surface area contributed by atoms with Gasteiger partial charge in [0.15, 0.2) is 5.84 Å². The highest BCUT2D eigenvalue weighted by atomic mass is 79.9. The van der Waals surface area contributed by atoms with Crippen LogP contribution in [0.1, 0.15) is 0 Å². The van der Waals surface area contributed by atoms with Gasteiger partial charge in [-0.05, 0) is 28.1 Å². The van der Waals surface area contributed by atoms with Crippen LogP contribution >= 0.6 is 31.9 Å². The van der Waals surface area contributed by atoms with E-state index >= 15 is 0 Å². The van der Waals surface area contributed by atoms with Gasteiger partial charge in [-0.1, -0.05) is 15.9 Å². The Labute approximate surface area is 121 Å². The van der Waals surface area contributed by atoms with E-state index in [1.165, 1.54) is 7.11 Å². The number of rotatable bonds is 4. The lowest BCUT2D eigenvalue weighted by Crippen LogP contribution is -2.22. The molecule has 0 unspecified atom stereocenters. The molecule has 0 saturated heterocycles. The summed E-state index contributed by atoms with van der Waals surface area (Å²) in [5, 5.41) is 19.6. The zero-order valence-corrected chi connectivity index (χ0v) is 12.5. The first kappa shape index (κ1) is 14.5. The summed E-state index contributed by atoms with van der Waals surface area (Å²) in [7, 11) is 1.51. The maximum absolute atomic E-state index is 8.72. The first-order valence-corrected chi connectivity index (χ1v) is 6.19. The molecule has 1 aromatic rings. The van der Waals surface area contributed by atoms with Crippen LogP contribution in [0.2, 0.25) is 0 Å². The van der Waals surface area contributed by atoms with Gasteiger partial charge in [0.1, 0.15) is 17.5 Å². The minimum Gasteiger partial charge on any atom is -0.494 e. The maximum atomic E-state index is 8.72. The minimum atomic E-state index is -0.405. The van der Waals surface area contributed by atoms with Crippen molar-refractivity contribution in [2.75, 3.05) is 12.5 Å². The third-order valence-corrected chi connectivity index (χ3v) is 2.96. The Kier molecular flexibility index (Phi) is 5.12. The number of ether oxygens (including phenoxy) is 1. The molecule has 0 aliphatic carbocycles. The van der Waals surface area contributed by atoms with Gasteiger partial charge in [0, 0.05) is 8.95 Å². The first-order chi connectivity index (χ1) is 8.49. The number of nitriles is 1. The summed E-state index contributed by atoms with van der Waals surface area (Å²) >= 11 is 6.66. The molecule has 0 fully saturated rings. The van der Waals surface area contributed by atoms with E-state index in [9.17, 15) is 0 Å². The molecule has 1 rings (SSSR count). The summed E-state index contributed by atoms with van der Waals surface area (Å²) in [6.45, 7) is 0. The molecule has 94 valence electrons. The third-order valence-electron chi connectivity index (χ3n) is 1.88. The number of nitrogens with one attached hydrogen (secondary N) is 2. The number of anilines is 1. The van der Waals surface area contributed by atoms with E-state index in [0.29, 0.717) is 15.9 Å². The van der Waals surface area contributed by atoms with Crippen molar-refractivity contribution in [2.24, 2.45) is 10.8 Å². The van der Waals surface area contributed by atoms with Gasteiger partial charge >= 0.3 is 0 Å². The van der Waals surface area contributed by atoms with E-state index in [1.54, 1.807) is 18.2 Å². The summed E-state index contributed by atoms with van der Waals surface area (Å²) in [6.07, 6.45) is 0. The lowest BCUT2D eigenvalue weighted by Gasteiger charge is -2.10. The second kappa shape index (κ2) is 6.37. The second-order valence-corrected chi connectivity index (χ2v) is 4.83. The topological polar surface area (TPSA) is 107 Å². The van der Waals surface area contributed by atoms with Crippen LogP contribution in [0.15, 0.2) is 26.2 Å². The van der Waals surface area contributed by atoms with Crippen molar-refractivity contribution in [3.05, 3.63) is 21.1 Å². The summed E-state index contributed by atoms with van der Waals surface area (Å²) < 4.78 is 6.69. The minimum absolute atomic E-state index is 0.202. The van der Waals surface area contributed by atoms with Crippen LogP contribution in [0.4, 0.5) is 5.69 Å². The molecule has 0 heterocycles. The van der Waals surface area contributed by atoms with E-state index < -0.39 is 5.84 Å². The molecule has 0 amide bonds. The third kappa shape index (κ3) is 3.45. The standard InChI is InChI=1S/C10H9Br2N5O/c1-18-8-3-5(11)2-6(12)9(8)17-16-7(4-13)10(14)15/h2-3,17H,1H3,(H3,14,15)/b16-7+. The van der Waals surface area contributed by atoms with Gasteiger partial charge in [-0.25, -0.2) is 0 Å². The Hall–Kier alpha value is -1.59. The van der Waals surface area contributed by atoms with E-state index in [4.69, 9.17) is 21.1 Å². The van der Waals surface area contributed by atoms with Gasteiger partial charge in [-0.2, -0.15) is 10.4 Å². The predicted molar refractivity (Wildman–Crippen MR) is 77.0 cm³/mol. The molecular formula is C10H9Br2N5O. The fourth-order valence-electron chi connectivity index (χ4n) is 1.08. The molecule has 1 aromatic carbocycles. The lowest BCUT2D eigenvalue weighted by molar-refractivity contribution is 0.416. The van der Waals surface area contributed by atoms with Gasteiger partial charge in [0.25, 0.3) is 0 Å². The average Bonchev–Trinajstić information content (AvgIpc) is 2.31. The van der Waals surface area contributed by atoms with Crippen LogP contribution in [0.3, 0.4) is 0 Å². The Morgan fingerprint density at radius 3 is 2.72 bits per heavy atom. The molecular weight excluding hydrogens is 366 g/mol. The van der Waals surface area contributed by atoms with Crippen molar-refractivity contribution in [1.29, 1.82) is 10.7 Å². The Balaban J connectivity index is 3.12. The van der Waals surface area contributed by atoms with Crippen molar-refractivity contribution in [3.8, 4) is 11.8 Å². The summed E-state index contributed by atoms with van der Waals surface area (Å²) in [4.78, 5) is 0. The van der Waals surface area contributed by atoms with Crippen molar-refractivity contribution >= 4 is 49.1 Å². The number of hydrazone groups is 1. The number of halogens is 2. The van der Waals surface area contributed by atoms with Crippen molar-refractivity contribution in [2.45, 2.75) is 0 Å². The van der Waals surface area contributed by atoms with Gasteiger partial charge < -0.3 is 10.5 Å². The van der Waals surface area contributed by atoms with Gasteiger partial charge in [-0.15, -0.1) is 0 Å². The van der Waals surface area contributed by atoms with Crippen LogP contribution in [0.25, 0.3) is 0 Å². The van der Waals surface area contributed by atoms with Crippen LogP contribution in [0.5, 0.6) is 5.75 Å². The number of methoxy groups -OCH3 is 1. The van der Waals surface area contributed by atoms with Crippen LogP contribution in [-0.4, -0.2) is 18.7 Å². The molecule has 18 heavy (non-hydrogen) atoms. The van der Waals surface area contributed by atoms with E-state index in [0.717, 1.165) is 4.47 Å². The SMILES string of the molecule is COc1cc(Br)cc(Br)c1N/N=C(\C#N)C(=N)N. The highest BCUT2D eigenvalue weighted by Gasteiger charge is 2.10. The molecule has 8 heteroatoms. The molecule has 0 spiro atoms. The Bertz CT molecular complexity index is 550. The molecule has 0 aliphatic rings. The second-order valence-electron chi connectivity index (χ2n) is 3.06. The fraction of sp³-hybridized carbons (Fsp3) is 0.100. The summed E-state index contributed by atoms with van der Waals surface area (Å²) in [5.74, 6) is 0.123. The number of benzene rings is 1. The van der Waals surface area contributed by atoms with E-state index in [2.05, 4.69) is 42.4 Å². The molecule has 0 atom stereocenters. The number of hydrogen-bond donors (Lipinski definition) is 3. The van der Waals surface area contributed by atoms with Gasteiger partial charge in [0.2, 0.25) is 5.71 Å². The Morgan fingerprint density at radius 2 is 2.22 bits per heavy atom. The molecule has 0 saturated carbocycles. The first-order valence-electron chi connectivity index (χ1n) is 4.60. The van der Waals surface area contributed by atoms with Crippen LogP contribution < -0.4 is 15.9 Å². The average molecular weight is 375 g/mol. The quantitative estimate of drug-likeness (QED) is 0.427. The number of hydrogen-bond acceptors (Lipinski definition) is 5. The monoisotopic (exact) mass is 373 g/mol. The zero-order valence-electron chi connectivity index (χ0n) is 9.29.